The first-order valence-corrected chi connectivity index (χ1v) is 9.59. The molecule has 3 atom stereocenters. The van der Waals surface area contributed by atoms with Crippen LogP contribution in [0.2, 0.25) is 0 Å². The number of fused-ring (bicyclic) bond motifs is 1. The number of epoxide rings is 1. The van der Waals surface area contributed by atoms with E-state index in [0.717, 1.165) is 24.0 Å². The van der Waals surface area contributed by atoms with Gasteiger partial charge in [0.2, 0.25) is 0 Å². The number of benzene rings is 2. The van der Waals surface area contributed by atoms with Gasteiger partial charge in [0.15, 0.2) is 5.60 Å². The normalized spacial score (nSPS) is 26.6. The van der Waals surface area contributed by atoms with Crippen LogP contribution >= 0.6 is 0 Å². The van der Waals surface area contributed by atoms with Gasteiger partial charge in [-0.1, -0.05) is 36.4 Å². The van der Waals surface area contributed by atoms with E-state index in [1.54, 1.807) is 12.1 Å². The molecule has 2 aromatic rings. The van der Waals surface area contributed by atoms with Crippen molar-refractivity contribution in [2.75, 3.05) is 13.1 Å². The predicted octanol–water partition coefficient (Wildman–Crippen LogP) is 3.20. The fourth-order valence-corrected chi connectivity index (χ4v) is 4.27. The lowest BCUT2D eigenvalue weighted by Crippen LogP contribution is -2.48. The van der Waals surface area contributed by atoms with Gasteiger partial charge in [-0.2, -0.15) is 0 Å². The van der Waals surface area contributed by atoms with Gasteiger partial charge in [0.25, 0.3) is 5.91 Å². The van der Waals surface area contributed by atoms with Crippen LogP contribution in [0.4, 0.5) is 4.39 Å². The molecule has 2 unspecified atom stereocenters. The quantitative estimate of drug-likeness (QED) is 0.825. The molecule has 2 aliphatic rings. The van der Waals surface area contributed by atoms with Gasteiger partial charge < -0.3 is 15.4 Å². The fraction of sp³-hybridized carbons (Fsp3) is 0.409. The van der Waals surface area contributed by atoms with Crippen LogP contribution in [0, 0.1) is 5.82 Å². The molecule has 2 aromatic carbocycles. The Morgan fingerprint density at radius 1 is 1.26 bits per heavy atom. The van der Waals surface area contributed by atoms with E-state index in [1.807, 2.05) is 24.0 Å². The summed E-state index contributed by atoms with van der Waals surface area (Å²) in [6.07, 6.45) is 2.10. The summed E-state index contributed by atoms with van der Waals surface area (Å²) < 4.78 is 19.3. The zero-order valence-electron chi connectivity index (χ0n) is 15.5. The third kappa shape index (κ3) is 3.15. The molecule has 0 radical (unpaired) electrons. The monoisotopic (exact) mass is 368 g/mol. The highest BCUT2D eigenvalue weighted by Crippen LogP contribution is 2.45. The average molecular weight is 368 g/mol. The molecule has 27 heavy (non-hydrogen) atoms. The van der Waals surface area contributed by atoms with Gasteiger partial charge in [-0.3, -0.25) is 4.79 Å². The number of carbonyl (C=O) groups is 1. The van der Waals surface area contributed by atoms with Crippen molar-refractivity contribution in [3.63, 3.8) is 0 Å². The summed E-state index contributed by atoms with van der Waals surface area (Å²) in [6.45, 7) is 3.10. The molecule has 2 N–H and O–H groups in total. The average Bonchev–Trinajstić information content (AvgIpc) is 3.36. The first-order valence-electron chi connectivity index (χ1n) is 9.59. The van der Waals surface area contributed by atoms with E-state index in [0.29, 0.717) is 19.5 Å². The number of hydrogen-bond donors (Lipinski definition) is 1. The molecule has 0 aliphatic carbocycles. The van der Waals surface area contributed by atoms with Crippen molar-refractivity contribution >= 4 is 5.91 Å². The Kier molecular flexibility index (Phi) is 4.74. The minimum Gasteiger partial charge on any atom is -0.356 e. The van der Waals surface area contributed by atoms with Gasteiger partial charge in [0, 0.05) is 6.54 Å². The van der Waals surface area contributed by atoms with Gasteiger partial charge in [0.1, 0.15) is 5.82 Å². The molecule has 1 saturated heterocycles. The molecule has 0 saturated carbocycles. The number of nitrogens with two attached hydrogens (primary N) is 1. The Hall–Kier alpha value is -2.24. The van der Waals surface area contributed by atoms with Gasteiger partial charge in [-0.05, 0) is 61.6 Å². The largest absolute Gasteiger partial charge is 0.356 e. The van der Waals surface area contributed by atoms with Gasteiger partial charge in [0.05, 0.1) is 12.1 Å². The van der Waals surface area contributed by atoms with E-state index in [4.69, 9.17) is 10.5 Å². The Balaban J connectivity index is 1.73. The molecule has 142 valence electrons. The number of hydrogen-bond acceptors (Lipinski definition) is 3. The van der Waals surface area contributed by atoms with Crippen molar-refractivity contribution in [3.8, 4) is 0 Å². The maximum Gasteiger partial charge on any atom is 0.258 e. The molecule has 1 amide bonds. The third-order valence-electron chi connectivity index (χ3n) is 5.83. The van der Waals surface area contributed by atoms with Gasteiger partial charge in [-0.25, -0.2) is 4.39 Å². The number of amides is 1. The summed E-state index contributed by atoms with van der Waals surface area (Å²) >= 11 is 0. The van der Waals surface area contributed by atoms with Gasteiger partial charge >= 0.3 is 0 Å². The van der Waals surface area contributed by atoms with E-state index < -0.39 is 5.60 Å². The topological polar surface area (TPSA) is 58.9 Å². The van der Waals surface area contributed by atoms with Crippen molar-refractivity contribution in [2.45, 2.75) is 43.9 Å². The van der Waals surface area contributed by atoms with Crippen LogP contribution in [0.5, 0.6) is 0 Å². The van der Waals surface area contributed by atoms with Crippen LogP contribution in [0.1, 0.15) is 42.5 Å². The standard InChI is InChI=1S/C22H25FN2O2/c1-15-22(27-15,12-4-13-24)21(26)25-14-11-16-5-2-3-6-19(16)20(25)17-7-9-18(23)10-8-17/h2-3,5-10,15,20H,4,11-14,24H2,1H3/t15?,20?,22-/m0/s1. The Morgan fingerprint density at radius 3 is 2.63 bits per heavy atom. The van der Waals surface area contributed by atoms with E-state index in [2.05, 4.69) is 12.1 Å². The van der Waals surface area contributed by atoms with Gasteiger partial charge in [-0.15, -0.1) is 0 Å². The van der Waals surface area contributed by atoms with Crippen LogP contribution in [0.25, 0.3) is 0 Å². The molecular weight excluding hydrogens is 343 g/mol. The Morgan fingerprint density at radius 2 is 1.96 bits per heavy atom. The van der Waals surface area contributed by atoms with Crippen molar-refractivity contribution in [3.05, 3.63) is 71.0 Å². The summed E-state index contributed by atoms with van der Waals surface area (Å²) in [4.78, 5) is 15.5. The lowest BCUT2D eigenvalue weighted by molar-refractivity contribution is -0.139. The molecule has 4 rings (SSSR count). The van der Waals surface area contributed by atoms with Crippen molar-refractivity contribution in [2.24, 2.45) is 5.73 Å². The second-order valence-corrected chi connectivity index (χ2v) is 7.44. The zero-order valence-corrected chi connectivity index (χ0v) is 15.5. The van der Waals surface area contributed by atoms with Crippen LogP contribution in [-0.4, -0.2) is 35.6 Å². The number of carbonyl (C=O) groups excluding carboxylic acids is 1. The van der Waals surface area contributed by atoms with Crippen molar-refractivity contribution < 1.29 is 13.9 Å². The minimum absolute atomic E-state index is 0.0206. The molecule has 4 nitrogen and oxygen atoms in total. The van der Waals surface area contributed by atoms with Crippen LogP contribution in [0.3, 0.4) is 0 Å². The molecule has 0 spiro atoms. The fourth-order valence-electron chi connectivity index (χ4n) is 4.27. The molecule has 0 aromatic heterocycles. The summed E-state index contributed by atoms with van der Waals surface area (Å²) in [6, 6.07) is 14.4. The van der Waals surface area contributed by atoms with Crippen molar-refractivity contribution in [1.82, 2.24) is 4.90 Å². The SMILES string of the molecule is CC1O[C@]1(CCCN)C(=O)N1CCc2ccccc2C1c1ccc(F)cc1. The summed E-state index contributed by atoms with van der Waals surface area (Å²) in [5.41, 5.74) is 8.16. The lowest BCUT2D eigenvalue weighted by Gasteiger charge is -2.39. The van der Waals surface area contributed by atoms with E-state index in [1.165, 1.54) is 17.7 Å². The highest BCUT2D eigenvalue weighted by Gasteiger charge is 2.61. The second kappa shape index (κ2) is 7.06. The molecule has 0 bridgehead atoms. The first kappa shape index (κ1) is 18.1. The maximum absolute atomic E-state index is 13.5. The molecule has 1 fully saturated rings. The number of nitrogens with zero attached hydrogens (tertiary/aromatic N) is 1. The van der Waals surface area contributed by atoms with Crippen molar-refractivity contribution in [1.29, 1.82) is 0 Å². The zero-order chi connectivity index (χ0) is 19.0. The highest BCUT2D eigenvalue weighted by molar-refractivity contribution is 5.89. The Labute approximate surface area is 159 Å². The summed E-state index contributed by atoms with van der Waals surface area (Å²) in [5.74, 6) is -0.258. The second-order valence-electron chi connectivity index (χ2n) is 7.44. The van der Waals surface area contributed by atoms with Crippen LogP contribution in [-0.2, 0) is 16.0 Å². The van der Waals surface area contributed by atoms with Crippen LogP contribution < -0.4 is 5.73 Å². The molecular formula is C22H25FN2O2. The highest BCUT2D eigenvalue weighted by atomic mass is 19.1. The summed E-state index contributed by atoms with van der Waals surface area (Å²) in [7, 11) is 0. The maximum atomic E-state index is 13.5. The number of halogens is 1. The molecule has 5 heteroatoms. The van der Waals surface area contributed by atoms with E-state index >= 15 is 0 Å². The number of rotatable bonds is 5. The lowest BCUT2D eigenvalue weighted by atomic mass is 9.86. The van der Waals surface area contributed by atoms with Crippen LogP contribution in [0.15, 0.2) is 48.5 Å². The number of ether oxygens (including phenoxy) is 1. The Bertz CT molecular complexity index is 838. The molecule has 2 aliphatic heterocycles. The van der Waals surface area contributed by atoms with E-state index in [9.17, 15) is 9.18 Å². The first-order chi connectivity index (χ1) is 13.1. The summed E-state index contributed by atoms with van der Waals surface area (Å²) in [5, 5.41) is 0. The third-order valence-corrected chi connectivity index (χ3v) is 5.83. The molecule has 2 heterocycles. The van der Waals surface area contributed by atoms with E-state index in [-0.39, 0.29) is 23.9 Å². The predicted molar refractivity (Wildman–Crippen MR) is 102 cm³/mol. The minimum atomic E-state index is -0.760. The smallest absolute Gasteiger partial charge is 0.258 e.